The van der Waals surface area contributed by atoms with Crippen molar-refractivity contribution in [2.24, 2.45) is 0 Å². The highest BCUT2D eigenvalue weighted by Crippen LogP contribution is 2.21. The van der Waals surface area contributed by atoms with Crippen molar-refractivity contribution in [3.05, 3.63) is 27.3 Å². The molecule has 1 saturated heterocycles. The maximum Gasteiger partial charge on any atom is 0.0377 e. The van der Waals surface area contributed by atoms with Gasteiger partial charge < -0.3 is 9.80 Å². The van der Waals surface area contributed by atoms with Crippen LogP contribution in [0.5, 0.6) is 0 Å². The van der Waals surface area contributed by atoms with Crippen molar-refractivity contribution in [1.29, 1.82) is 0 Å². The summed E-state index contributed by atoms with van der Waals surface area (Å²) in [6.45, 7) is 6.80. The molecule has 0 aliphatic carbocycles. The lowest BCUT2D eigenvalue weighted by Gasteiger charge is -2.34. The van der Waals surface area contributed by atoms with E-state index >= 15 is 0 Å². The highest BCUT2D eigenvalue weighted by atomic mass is 127. The van der Waals surface area contributed by atoms with Gasteiger partial charge in [-0.1, -0.05) is 6.07 Å². The fraction of sp³-hybridized carbons (Fsp3) is 0.500. The first-order chi connectivity index (χ1) is 7.16. The molecule has 2 rings (SSSR count). The summed E-state index contributed by atoms with van der Waals surface area (Å²) in [7, 11) is 2.19. The zero-order valence-corrected chi connectivity index (χ0v) is 11.5. The summed E-state index contributed by atoms with van der Waals surface area (Å²) in [4.78, 5) is 4.86. The fourth-order valence-electron chi connectivity index (χ4n) is 1.84. The average molecular weight is 316 g/mol. The molecule has 0 atom stereocenters. The minimum atomic E-state index is 1.15. The van der Waals surface area contributed by atoms with Gasteiger partial charge in [0.25, 0.3) is 0 Å². The van der Waals surface area contributed by atoms with Crippen molar-refractivity contribution in [1.82, 2.24) is 4.90 Å². The van der Waals surface area contributed by atoms with Gasteiger partial charge in [-0.3, -0.25) is 0 Å². The lowest BCUT2D eigenvalue weighted by Crippen LogP contribution is -2.44. The molecule has 0 N–H and O–H groups in total. The zero-order chi connectivity index (χ0) is 10.8. The maximum absolute atomic E-state index is 2.47. The summed E-state index contributed by atoms with van der Waals surface area (Å²) in [6, 6.07) is 6.75. The molecule has 0 aromatic heterocycles. The molecule has 1 heterocycles. The molecule has 82 valence electrons. The van der Waals surface area contributed by atoms with E-state index in [2.05, 4.69) is 64.6 Å². The third kappa shape index (κ3) is 2.64. The largest absolute Gasteiger partial charge is 0.369 e. The molecule has 0 radical (unpaired) electrons. The van der Waals surface area contributed by atoms with E-state index in [0.717, 1.165) is 13.1 Å². The van der Waals surface area contributed by atoms with Crippen LogP contribution in [-0.4, -0.2) is 38.1 Å². The molecule has 3 heteroatoms. The minimum absolute atomic E-state index is 1.15. The lowest BCUT2D eigenvalue weighted by molar-refractivity contribution is 0.313. The highest BCUT2D eigenvalue weighted by molar-refractivity contribution is 14.1. The van der Waals surface area contributed by atoms with Gasteiger partial charge in [0.2, 0.25) is 0 Å². The topological polar surface area (TPSA) is 6.48 Å². The number of hydrogen-bond donors (Lipinski definition) is 0. The van der Waals surface area contributed by atoms with Crippen molar-refractivity contribution in [2.75, 3.05) is 38.1 Å². The van der Waals surface area contributed by atoms with Gasteiger partial charge in [0.15, 0.2) is 0 Å². The Hall–Kier alpha value is -0.290. The number of piperazine rings is 1. The highest BCUT2D eigenvalue weighted by Gasteiger charge is 2.14. The van der Waals surface area contributed by atoms with Crippen LogP contribution >= 0.6 is 22.6 Å². The molecule has 0 saturated carbocycles. The van der Waals surface area contributed by atoms with E-state index in [0.29, 0.717) is 0 Å². The number of rotatable bonds is 1. The summed E-state index contributed by atoms with van der Waals surface area (Å²) in [6.07, 6.45) is 0. The quantitative estimate of drug-likeness (QED) is 0.734. The molecule has 0 unspecified atom stereocenters. The average Bonchev–Trinajstić information content (AvgIpc) is 2.23. The van der Waals surface area contributed by atoms with Crippen LogP contribution in [0.15, 0.2) is 18.2 Å². The second kappa shape index (κ2) is 4.70. The van der Waals surface area contributed by atoms with Crippen LogP contribution in [0.3, 0.4) is 0 Å². The molecule has 0 spiro atoms. The van der Waals surface area contributed by atoms with Crippen LogP contribution < -0.4 is 4.90 Å². The Morgan fingerprint density at radius 1 is 1.13 bits per heavy atom. The Morgan fingerprint density at radius 2 is 1.80 bits per heavy atom. The van der Waals surface area contributed by atoms with Crippen molar-refractivity contribution in [3.8, 4) is 0 Å². The van der Waals surface area contributed by atoms with Crippen molar-refractivity contribution >= 4 is 28.3 Å². The number of aryl methyl sites for hydroxylation is 1. The van der Waals surface area contributed by atoms with Crippen molar-refractivity contribution in [3.63, 3.8) is 0 Å². The Labute approximate surface area is 105 Å². The molecule has 1 aliphatic heterocycles. The van der Waals surface area contributed by atoms with Gasteiger partial charge in [-0.05, 0) is 54.3 Å². The normalized spacial score (nSPS) is 18.2. The second-order valence-electron chi connectivity index (χ2n) is 4.22. The SMILES string of the molecule is Cc1ccc(N2CCN(C)CC2)cc1I. The van der Waals surface area contributed by atoms with Crippen molar-refractivity contribution in [2.45, 2.75) is 6.92 Å². The predicted octanol–water partition coefficient (Wildman–Crippen LogP) is 2.35. The van der Waals surface area contributed by atoms with E-state index in [9.17, 15) is 0 Å². The van der Waals surface area contributed by atoms with E-state index in [1.165, 1.54) is 27.9 Å². The van der Waals surface area contributed by atoms with Crippen LogP contribution in [0.25, 0.3) is 0 Å². The Bertz CT molecular complexity index is 343. The number of halogens is 1. The molecule has 1 fully saturated rings. The Morgan fingerprint density at radius 3 is 2.40 bits per heavy atom. The van der Waals surface area contributed by atoms with E-state index in [-0.39, 0.29) is 0 Å². The molecular formula is C12H17IN2. The van der Waals surface area contributed by atoms with Crippen LogP contribution in [0.1, 0.15) is 5.56 Å². The zero-order valence-electron chi connectivity index (χ0n) is 9.33. The van der Waals surface area contributed by atoms with Gasteiger partial charge in [0.05, 0.1) is 0 Å². The van der Waals surface area contributed by atoms with Gasteiger partial charge in [-0.25, -0.2) is 0 Å². The molecule has 1 aliphatic rings. The first-order valence-electron chi connectivity index (χ1n) is 5.36. The lowest BCUT2D eigenvalue weighted by atomic mass is 10.2. The fourth-order valence-corrected chi connectivity index (χ4v) is 2.34. The summed E-state index contributed by atoms with van der Waals surface area (Å²) >= 11 is 2.41. The van der Waals surface area contributed by atoms with Crippen LogP contribution in [-0.2, 0) is 0 Å². The number of hydrogen-bond acceptors (Lipinski definition) is 2. The molecule has 1 aromatic rings. The summed E-state index contributed by atoms with van der Waals surface area (Å²) < 4.78 is 1.36. The predicted molar refractivity (Wildman–Crippen MR) is 73.6 cm³/mol. The molecular weight excluding hydrogens is 299 g/mol. The van der Waals surface area contributed by atoms with Crippen molar-refractivity contribution < 1.29 is 0 Å². The number of benzene rings is 1. The number of nitrogens with zero attached hydrogens (tertiary/aromatic N) is 2. The molecule has 0 bridgehead atoms. The third-order valence-corrected chi connectivity index (χ3v) is 4.19. The first-order valence-corrected chi connectivity index (χ1v) is 6.44. The summed E-state index contributed by atoms with van der Waals surface area (Å²) in [5.41, 5.74) is 2.74. The van der Waals surface area contributed by atoms with Crippen LogP contribution in [0, 0.1) is 10.5 Å². The monoisotopic (exact) mass is 316 g/mol. The first kappa shape index (κ1) is 11.2. The van der Waals surface area contributed by atoms with Gasteiger partial charge >= 0.3 is 0 Å². The van der Waals surface area contributed by atoms with E-state index in [1.54, 1.807) is 0 Å². The van der Waals surface area contributed by atoms with Crippen LogP contribution in [0.4, 0.5) is 5.69 Å². The van der Waals surface area contributed by atoms with Gasteiger partial charge in [0.1, 0.15) is 0 Å². The molecule has 1 aromatic carbocycles. The summed E-state index contributed by atoms with van der Waals surface area (Å²) in [5.74, 6) is 0. The van der Waals surface area contributed by atoms with Gasteiger partial charge in [-0.2, -0.15) is 0 Å². The number of likely N-dealkylation sites (N-methyl/N-ethyl adjacent to an activating group) is 1. The van der Waals surface area contributed by atoms with E-state index < -0.39 is 0 Å². The van der Waals surface area contributed by atoms with Gasteiger partial charge in [0, 0.05) is 35.4 Å². The van der Waals surface area contributed by atoms with Gasteiger partial charge in [-0.15, -0.1) is 0 Å². The Kier molecular flexibility index (Phi) is 3.51. The Balaban J connectivity index is 2.12. The van der Waals surface area contributed by atoms with E-state index in [4.69, 9.17) is 0 Å². The smallest absolute Gasteiger partial charge is 0.0377 e. The molecule has 15 heavy (non-hydrogen) atoms. The minimum Gasteiger partial charge on any atom is -0.369 e. The maximum atomic E-state index is 2.47. The third-order valence-electron chi connectivity index (χ3n) is 3.02. The van der Waals surface area contributed by atoms with Crippen LogP contribution in [0.2, 0.25) is 0 Å². The molecule has 2 nitrogen and oxygen atoms in total. The number of anilines is 1. The standard InChI is InChI=1S/C12H17IN2/c1-10-3-4-11(9-12(10)13)15-7-5-14(2)6-8-15/h3-4,9H,5-8H2,1-2H3. The molecule has 0 amide bonds. The second-order valence-corrected chi connectivity index (χ2v) is 5.39. The summed E-state index contributed by atoms with van der Waals surface area (Å²) in [5, 5.41) is 0. The van der Waals surface area contributed by atoms with E-state index in [1.807, 2.05) is 0 Å².